The molecule has 0 aliphatic rings. The number of carbonyl (C=O) groups is 2. The molecule has 0 aromatic heterocycles. The van der Waals surface area contributed by atoms with Crippen LogP contribution in [0.2, 0.25) is 5.02 Å². The van der Waals surface area contributed by atoms with E-state index in [0.29, 0.717) is 0 Å². The Morgan fingerprint density at radius 1 is 1.56 bits per heavy atom. The molecule has 0 unspecified atom stereocenters. The highest BCUT2D eigenvalue weighted by atomic mass is 35.5. The van der Waals surface area contributed by atoms with E-state index in [1.807, 2.05) is 0 Å². The number of nitrogens with one attached hydrogen (secondary N) is 1. The van der Waals surface area contributed by atoms with Crippen molar-refractivity contribution in [3.05, 3.63) is 22.7 Å². The average Bonchev–Trinajstić information content (AvgIpc) is 2.31. The number of aromatic carboxylic acids is 1. The summed E-state index contributed by atoms with van der Waals surface area (Å²) in [7, 11) is 1.30. The van der Waals surface area contributed by atoms with Crippen LogP contribution in [0, 0.1) is 11.3 Å². The minimum Gasteiger partial charge on any atom is -0.496 e. The van der Waals surface area contributed by atoms with Crippen LogP contribution in [0.1, 0.15) is 16.8 Å². The molecule has 0 atom stereocenters. The fourth-order valence-electron chi connectivity index (χ4n) is 1.25. The van der Waals surface area contributed by atoms with Crippen molar-refractivity contribution in [3.63, 3.8) is 0 Å². The molecule has 0 saturated carbocycles. The van der Waals surface area contributed by atoms with Crippen molar-refractivity contribution in [1.82, 2.24) is 0 Å². The van der Waals surface area contributed by atoms with Crippen molar-refractivity contribution in [2.75, 3.05) is 12.4 Å². The predicted octanol–water partition coefficient (Wildman–Crippen LogP) is 1.90. The highest BCUT2D eigenvalue weighted by Crippen LogP contribution is 2.31. The second-order valence-corrected chi connectivity index (χ2v) is 3.63. The molecule has 7 heteroatoms. The molecule has 0 fully saturated rings. The van der Waals surface area contributed by atoms with Gasteiger partial charge in [-0.1, -0.05) is 11.6 Å². The van der Waals surface area contributed by atoms with Gasteiger partial charge in [0.25, 0.3) is 0 Å². The van der Waals surface area contributed by atoms with Crippen LogP contribution in [-0.2, 0) is 4.79 Å². The van der Waals surface area contributed by atoms with E-state index in [-0.39, 0.29) is 28.4 Å². The number of carbonyl (C=O) groups excluding carboxylic acids is 1. The van der Waals surface area contributed by atoms with Gasteiger partial charge in [-0.3, -0.25) is 4.79 Å². The third kappa shape index (κ3) is 3.12. The molecule has 18 heavy (non-hydrogen) atoms. The molecule has 94 valence electrons. The van der Waals surface area contributed by atoms with Crippen LogP contribution in [-0.4, -0.2) is 24.1 Å². The predicted molar refractivity (Wildman–Crippen MR) is 63.8 cm³/mol. The molecule has 0 spiro atoms. The Kier molecular flexibility index (Phi) is 4.52. The SMILES string of the molecule is COc1cc(NC(=O)CC#N)c(Cl)cc1C(=O)O. The molecule has 0 aliphatic heterocycles. The summed E-state index contributed by atoms with van der Waals surface area (Å²) in [5.74, 6) is -1.66. The van der Waals surface area contributed by atoms with E-state index in [9.17, 15) is 9.59 Å². The summed E-state index contributed by atoms with van der Waals surface area (Å²) in [5, 5.41) is 19.7. The molecule has 1 amide bonds. The van der Waals surface area contributed by atoms with Gasteiger partial charge < -0.3 is 15.2 Å². The zero-order valence-corrected chi connectivity index (χ0v) is 10.1. The number of nitriles is 1. The van der Waals surface area contributed by atoms with Gasteiger partial charge in [0.15, 0.2) is 0 Å². The van der Waals surface area contributed by atoms with E-state index in [1.54, 1.807) is 6.07 Å². The van der Waals surface area contributed by atoms with E-state index in [2.05, 4.69) is 5.32 Å². The Balaban J connectivity index is 3.12. The Morgan fingerprint density at radius 3 is 2.72 bits per heavy atom. The molecule has 0 bridgehead atoms. The average molecular weight is 269 g/mol. The molecule has 1 aromatic rings. The lowest BCUT2D eigenvalue weighted by atomic mass is 10.1. The normalized spacial score (nSPS) is 9.39. The number of amides is 1. The lowest BCUT2D eigenvalue weighted by Gasteiger charge is -2.10. The summed E-state index contributed by atoms with van der Waals surface area (Å²) in [6.07, 6.45) is -0.320. The van der Waals surface area contributed by atoms with Crippen molar-refractivity contribution in [2.45, 2.75) is 6.42 Å². The number of ether oxygens (including phenoxy) is 1. The highest BCUT2D eigenvalue weighted by molar-refractivity contribution is 6.34. The van der Waals surface area contributed by atoms with Crippen LogP contribution in [0.25, 0.3) is 0 Å². The van der Waals surface area contributed by atoms with Crippen LogP contribution >= 0.6 is 11.6 Å². The van der Waals surface area contributed by atoms with E-state index >= 15 is 0 Å². The highest BCUT2D eigenvalue weighted by Gasteiger charge is 2.16. The number of anilines is 1. The maximum Gasteiger partial charge on any atom is 0.339 e. The van der Waals surface area contributed by atoms with Gasteiger partial charge in [-0.2, -0.15) is 5.26 Å². The maximum absolute atomic E-state index is 11.2. The van der Waals surface area contributed by atoms with Gasteiger partial charge in [0.1, 0.15) is 17.7 Å². The van der Waals surface area contributed by atoms with Crippen molar-refractivity contribution in [1.29, 1.82) is 5.26 Å². The van der Waals surface area contributed by atoms with E-state index < -0.39 is 11.9 Å². The fourth-order valence-corrected chi connectivity index (χ4v) is 1.46. The van der Waals surface area contributed by atoms with Crippen LogP contribution in [0.5, 0.6) is 5.75 Å². The summed E-state index contributed by atoms with van der Waals surface area (Å²) in [4.78, 5) is 22.1. The van der Waals surface area contributed by atoms with Crippen LogP contribution in [0.4, 0.5) is 5.69 Å². The fraction of sp³-hybridized carbons (Fsp3) is 0.182. The number of hydrogen-bond acceptors (Lipinski definition) is 4. The van der Waals surface area contributed by atoms with E-state index in [4.69, 9.17) is 26.7 Å². The molecule has 1 aromatic carbocycles. The minimum atomic E-state index is -1.19. The molecule has 1 rings (SSSR count). The first-order valence-corrected chi connectivity index (χ1v) is 5.15. The quantitative estimate of drug-likeness (QED) is 0.869. The summed E-state index contributed by atoms with van der Waals surface area (Å²) < 4.78 is 4.89. The zero-order chi connectivity index (χ0) is 13.7. The number of carboxylic acid groups (broad SMARTS) is 1. The van der Waals surface area contributed by atoms with Gasteiger partial charge >= 0.3 is 5.97 Å². The Morgan fingerprint density at radius 2 is 2.22 bits per heavy atom. The molecule has 0 aliphatic carbocycles. The molecule has 6 nitrogen and oxygen atoms in total. The third-order valence-corrected chi connectivity index (χ3v) is 2.35. The second kappa shape index (κ2) is 5.89. The van der Waals surface area contributed by atoms with E-state index in [0.717, 1.165) is 0 Å². The Labute approximate surface area is 108 Å². The standard InChI is InChI=1S/C11H9ClN2O4/c1-18-9-5-8(14-10(15)2-3-13)7(12)4-6(9)11(16)17/h4-5H,2H2,1H3,(H,14,15)(H,16,17). The van der Waals surface area contributed by atoms with E-state index in [1.165, 1.54) is 19.2 Å². The lowest BCUT2D eigenvalue weighted by Crippen LogP contribution is -2.11. The first-order chi connectivity index (χ1) is 8.49. The van der Waals surface area contributed by atoms with Crippen LogP contribution in [0.3, 0.4) is 0 Å². The molecule has 0 heterocycles. The first kappa shape index (κ1) is 13.8. The molecule has 0 saturated heterocycles. The van der Waals surface area contributed by atoms with Crippen LogP contribution < -0.4 is 10.1 Å². The number of hydrogen-bond donors (Lipinski definition) is 2. The number of halogens is 1. The number of methoxy groups -OCH3 is 1. The molecular formula is C11H9ClN2O4. The maximum atomic E-state index is 11.2. The Bertz CT molecular complexity index is 537. The first-order valence-electron chi connectivity index (χ1n) is 4.77. The third-order valence-electron chi connectivity index (χ3n) is 2.03. The van der Waals surface area contributed by atoms with Gasteiger partial charge in [-0.15, -0.1) is 0 Å². The Hall–Kier alpha value is -2.26. The number of carboxylic acids is 1. The van der Waals surface area contributed by atoms with Gasteiger partial charge in [-0.25, -0.2) is 4.79 Å². The minimum absolute atomic E-state index is 0.0551. The van der Waals surface area contributed by atoms with Crippen molar-refractivity contribution in [3.8, 4) is 11.8 Å². The molecule has 2 N–H and O–H groups in total. The summed E-state index contributed by atoms with van der Waals surface area (Å²) in [6, 6.07) is 4.15. The topological polar surface area (TPSA) is 99.4 Å². The zero-order valence-electron chi connectivity index (χ0n) is 9.36. The monoisotopic (exact) mass is 268 g/mol. The summed E-state index contributed by atoms with van der Waals surface area (Å²) in [5.41, 5.74) is 0.0829. The van der Waals surface area contributed by atoms with Crippen molar-refractivity contribution >= 4 is 29.2 Å². The lowest BCUT2D eigenvalue weighted by molar-refractivity contribution is -0.115. The largest absolute Gasteiger partial charge is 0.496 e. The van der Waals surface area contributed by atoms with Gasteiger partial charge in [0.05, 0.1) is 23.9 Å². The molecule has 0 radical (unpaired) electrons. The molecular weight excluding hydrogens is 260 g/mol. The van der Waals surface area contributed by atoms with Crippen LogP contribution in [0.15, 0.2) is 12.1 Å². The van der Waals surface area contributed by atoms with Crippen molar-refractivity contribution in [2.24, 2.45) is 0 Å². The van der Waals surface area contributed by atoms with Gasteiger partial charge in [-0.05, 0) is 6.07 Å². The summed E-state index contributed by atoms with van der Waals surface area (Å²) in [6.45, 7) is 0. The van der Waals surface area contributed by atoms with Gasteiger partial charge in [0.2, 0.25) is 5.91 Å². The summed E-state index contributed by atoms with van der Waals surface area (Å²) >= 11 is 5.83. The smallest absolute Gasteiger partial charge is 0.339 e. The number of nitrogens with zero attached hydrogens (tertiary/aromatic N) is 1. The number of rotatable bonds is 4. The van der Waals surface area contributed by atoms with Gasteiger partial charge in [0, 0.05) is 6.07 Å². The number of benzene rings is 1. The second-order valence-electron chi connectivity index (χ2n) is 3.22. The van der Waals surface area contributed by atoms with Crippen molar-refractivity contribution < 1.29 is 19.4 Å².